The van der Waals surface area contributed by atoms with Crippen LogP contribution in [0.25, 0.3) is 11.3 Å². The van der Waals surface area contributed by atoms with Crippen molar-refractivity contribution in [2.45, 2.75) is 57.9 Å². The van der Waals surface area contributed by atoms with E-state index < -0.39 is 0 Å². The molecule has 0 fully saturated rings. The van der Waals surface area contributed by atoms with Gasteiger partial charge in [-0.05, 0) is 12.8 Å². The monoisotopic (exact) mass is 440 g/mol. The van der Waals surface area contributed by atoms with Gasteiger partial charge in [0, 0.05) is 23.8 Å². The van der Waals surface area contributed by atoms with E-state index in [1.54, 1.807) is 11.6 Å². The summed E-state index contributed by atoms with van der Waals surface area (Å²) in [6.07, 6.45) is 6.33. The van der Waals surface area contributed by atoms with Crippen molar-refractivity contribution in [3.8, 4) is 11.3 Å². The summed E-state index contributed by atoms with van der Waals surface area (Å²) in [6, 6.07) is 9.38. The van der Waals surface area contributed by atoms with Crippen molar-refractivity contribution in [3.05, 3.63) is 53.5 Å². The first-order valence-corrected chi connectivity index (χ1v) is 11.4. The van der Waals surface area contributed by atoms with Crippen molar-refractivity contribution < 1.29 is 14.0 Å². The lowest BCUT2D eigenvalue weighted by atomic mass is 10.0. The molecule has 1 unspecified atom stereocenters. The number of oxazole rings is 1. The number of thiazole rings is 1. The van der Waals surface area contributed by atoms with E-state index in [9.17, 15) is 9.59 Å². The Hall–Kier alpha value is -3.00. The largest absolute Gasteiger partial charge is 0.438 e. The molecule has 0 spiro atoms. The van der Waals surface area contributed by atoms with Crippen molar-refractivity contribution in [1.82, 2.24) is 15.3 Å². The number of unbranched alkanes of at least 4 members (excludes halogenated alkanes) is 2. The Bertz CT molecular complexity index is 984. The van der Waals surface area contributed by atoms with Crippen LogP contribution < -0.4 is 11.1 Å². The molecule has 8 heteroatoms. The van der Waals surface area contributed by atoms with Gasteiger partial charge in [0.2, 0.25) is 11.8 Å². The molecule has 3 aromatic rings. The molecule has 0 saturated heterocycles. The summed E-state index contributed by atoms with van der Waals surface area (Å²) in [5.74, 6) is 1.27. The lowest BCUT2D eigenvalue weighted by Crippen LogP contribution is -2.30. The van der Waals surface area contributed by atoms with E-state index in [1.807, 2.05) is 37.3 Å². The van der Waals surface area contributed by atoms with E-state index in [2.05, 4.69) is 15.3 Å². The maximum atomic E-state index is 12.6. The molecule has 2 aromatic heterocycles. The number of Topliss-reactive ketones (excluding diaryl/α,β-unsaturated/α-hetero) is 1. The summed E-state index contributed by atoms with van der Waals surface area (Å²) in [5.41, 5.74) is 7.24. The SMILES string of the molecule is CCC(=O)CCCCCC(NC(=O)Cc1csc(N)n1)c1ncc(-c2ccccc2)o1. The van der Waals surface area contributed by atoms with Gasteiger partial charge >= 0.3 is 0 Å². The summed E-state index contributed by atoms with van der Waals surface area (Å²) in [4.78, 5) is 32.7. The topological polar surface area (TPSA) is 111 Å². The van der Waals surface area contributed by atoms with E-state index >= 15 is 0 Å². The number of carbonyl (C=O) groups excluding carboxylic acids is 2. The standard InChI is InChI=1S/C23H28N4O3S/c1-2-18(28)11-7-4-8-12-19(27-21(29)13-17-15-31-23(24)26-17)22-25-14-20(30-22)16-9-5-3-6-10-16/h3,5-6,9-10,14-15,19H,2,4,7-8,11-13H2,1H3,(H2,24,26)(H,27,29). The maximum absolute atomic E-state index is 12.6. The minimum atomic E-state index is -0.345. The van der Waals surface area contributed by atoms with Crippen LogP contribution in [0.5, 0.6) is 0 Å². The summed E-state index contributed by atoms with van der Waals surface area (Å²) >= 11 is 1.31. The number of anilines is 1. The lowest BCUT2D eigenvalue weighted by Gasteiger charge is -2.15. The Labute approximate surface area is 186 Å². The highest BCUT2D eigenvalue weighted by atomic mass is 32.1. The van der Waals surface area contributed by atoms with Crippen LogP contribution in [-0.2, 0) is 16.0 Å². The number of aromatic nitrogens is 2. The highest BCUT2D eigenvalue weighted by Crippen LogP contribution is 2.26. The third-order valence-electron chi connectivity index (χ3n) is 4.97. The summed E-state index contributed by atoms with van der Waals surface area (Å²) in [7, 11) is 0. The quantitative estimate of drug-likeness (QED) is 0.395. The Morgan fingerprint density at radius 2 is 2.00 bits per heavy atom. The third kappa shape index (κ3) is 7.03. The number of nitrogens with one attached hydrogen (secondary N) is 1. The van der Waals surface area contributed by atoms with Gasteiger partial charge in [-0.1, -0.05) is 50.1 Å². The molecule has 2 heterocycles. The van der Waals surface area contributed by atoms with Gasteiger partial charge in [0.1, 0.15) is 11.8 Å². The molecule has 0 radical (unpaired) electrons. The molecule has 0 aliphatic rings. The second-order valence-electron chi connectivity index (χ2n) is 7.39. The van der Waals surface area contributed by atoms with Crippen molar-refractivity contribution in [2.75, 3.05) is 5.73 Å². The van der Waals surface area contributed by atoms with Crippen LogP contribution in [0, 0.1) is 0 Å². The molecule has 0 bridgehead atoms. The fraction of sp³-hybridized carbons (Fsp3) is 0.391. The predicted molar refractivity (Wildman–Crippen MR) is 121 cm³/mol. The summed E-state index contributed by atoms with van der Waals surface area (Å²) in [6.45, 7) is 1.89. The molecule has 1 aromatic carbocycles. The van der Waals surface area contributed by atoms with Crippen molar-refractivity contribution in [2.24, 2.45) is 0 Å². The second kappa shape index (κ2) is 11.4. The van der Waals surface area contributed by atoms with Gasteiger partial charge < -0.3 is 15.5 Å². The lowest BCUT2D eigenvalue weighted by molar-refractivity contribution is -0.121. The van der Waals surface area contributed by atoms with Gasteiger partial charge in [-0.15, -0.1) is 11.3 Å². The number of nitrogen functional groups attached to an aromatic ring is 1. The van der Waals surface area contributed by atoms with Gasteiger partial charge in [0.05, 0.1) is 18.3 Å². The van der Waals surface area contributed by atoms with E-state index in [-0.39, 0.29) is 24.2 Å². The smallest absolute Gasteiger partial charge is 0.226 e. The van der Waals surface area contributed by atoms with Crippen LogP contribution in [0.4, 0.5) is 5.13 Å². The second-order valence-corrected chi connectivity index (χ2v) is 8.28. The molecular formula is C23H28N4O3S. The highest BCUT2D eigenvalue weighted by Gasteiger charge is 2.21. The molecule has 7 nitrogen and oxygen atoms in total. The van der Waals surface area contributed by atoms with E-state index in [4.69, 9.17) is 10.2 Å². The average Bonchev–Trinajstić information content (AvgIpc) is 3.42. The zero-order valence-corrected chi connectivity index (χ0v) is 18.5. The van der Waals surface area contributed by atoms with Gasteiger partial charge in [-0.25, -0.2) is 9.97 Å². The first-order chi connectivity index (χ1) is 15.0. The fourth-order valence-electron chi connectivity index (χ4n) is 3.28. The first-order valence-electron chi connectivity index (χ1n) is 10.6. The average molecular weight is 441 g/mol. The van der Waals surface area contributed by atoms with Crippen molar-refractivity contribution >= 4 is 28.2 Å². The normalized spacial score (nSPS) is 11.9. The molecule has 3 N–H and O–H groups in total. The molecule has 0 aliphatic carbocycles. The number of nitrogens with two attached hydrogens (primary N) is 1. The highest BCUT2D eigenvalue weighted by molar-refractivity contribution is 7.13. The molecule has 0 aliphatic heterocycles. The number of nitrogens with zero attached hydrogens (tertiary/aromatic N) is 2. The molecular weight excluding hydrogens is 412 g/mol. The Morgan fingerprint density at radius 3 is 2.71 bits per heavy atom. The number of ketones is 1. The van der Waals surface area contributed by atoms with Crippen molar-refractivity contribution in [1.29, 1.82) is 0 Å². The molecule has 1 atom stereocenters. The van der Waals surface area contributed by atoms with Gasteiger partial charge in [0.25, 0.3) is 0 Å². The molecule has 0 saturated carbocycles. The molecule has 3 rings (SSSR count). The minimum absolute atomic E-state index is 0.154. The zero-order valence-electron chi connectivity index (χ0n) is 17.7. The number of benzene rings is 1. The summed E-state index contributed by atoms with van der Waals surface area (Å²) in [5, 5.41) is 5.26. The molecule has 164 valence electrons. The van der Waals surface area contributed by atoms with Crippen LogP contribution >= 0.6 is 11.3 Å². The predicted octanol–water partition coefficient (Wildman–Crippen LogP) is 4.71. The van der Waals surface area contributed by atoms with E-state index in [1.165, 1.54) is 11.3 Å². The Morgan fingerprint density at radius 1 is 1.19 bits per heavy atom. The molecule has 1 amide bonds. The van der Waals surface area contributed by atoms with Crippen LogP contribution in [0.15, 0.2) is 46.3 Å². The number of hydrogen-bond acceptors (Lipinski definition) is 7. The van der Waals surface area contributed by atoms with Crippen molar-refractivity contribution in [3.63, 3.8) is 0 Å². The Balaban J connectivity index is 1.64. The van der Waals surface area contributed by atoms with Crippen LogP contribution in [-0.4, -0.2) is 21.7 Å². The van der Waals surface area contributed by atoms with E-state index in [0.29, 0.717) is 41.7 Å². The van der Waals surface area contributed by atoms with Crippen LogP contribution in [0.1, 0.15) is 63.1 Å². The Kier molecular flexibility index (Phi) is 8.35. The van der Waals surface area contributed by atoms with Crippen LogP contribution in [0.2, 0.25) is 0 Å². The number of carbonyl (C=O) groups is 2. The molecule has 31 heavy (non-hydrogen) atoms. The minimum Gasteiger partial charge on any atom is -0.438 e. The number of hydrogen-bond donors (Lipinski definition) is 2. The third-order valence-corrected chi connectivity index (χ3v) is 5.69. The van der Waals surface area contributed by atoms with Gasteiger partial charge in [0.15, 0.2) is 10.9 Å². The zero-order chi connectivity index (χ0) is 22.1. The van der Waals surface area contributed by atoms with E-state index in [0.717, 1.165) is 24.8 Å². The first kappa shape index (κ1) is 22.7. The maximum Gasteiger partial charge on any atom is 0.226 e. The van der Waals surface area contributed by atoms with Crippen LogP contribution in [0.3, 0.4) is 0 Å². The fourth-order valence-corrected chi connectivity index (χ4v) is 3.84. The van der Waals surface area contributed by atoms with Gasteiger partial charge in [-0.3, -0.25) is 9.59 Å². The number of amides is 1. The summed E-state index contributed by atoms with van der Waals surface area (Å²) < 4.78 is 5.99. The van der Waals surface area contributed by atoms with Gasteiger partial charge in [-0.2, -0.15) is 0 Å². The number of rotatable bonds is 12.